The Balaban J connectivity index is 1.33. The van der Waals surface area contributed by atoms with E-state index in [1.54, 1.807) is 36.4 Å². The summed E-state index contributed by atoms with van der Waals surface area (Å²) < 4.78 is 11.0. The van der Waals surface area contributed by atoms with Crippen LogP contribution in [0.2, 0.25) is 0 Å². The maximum atomic E-state index is 12.6. The Morgan fingerprint density at radius 2 is 1.55 bits per heavy atom. The van der Waals surface area contributed by atoms with Gasteiger partial charge in [-0.2, -0.15) is 0 Å². The van der Waals surface area contributed by atoms with Crippen LogP contribution in [0.5, 0.6) is 0 Å². The molecular weight excluding hydrogens is 476 g/mol. The molecule has 1 fully saturated rings. The Kier molecular flexibility index (Phi) is 12.2. The van der Waals surface area contributed by atoms with Crippen molar-refractivity contribution in [1.29, 1.82) is 0 Å². The van der Waals surface area contributed by atoms with Gasteiger partial charge in [-0.25, -0.2) is 9.59 Å². The standard InChI is InChI=1S/C32H44N2O4/c1-2-3-4-5-6-7-8-24-11-16-30(17-12-24)38-32(36)27-14-9-25(10-15-27)13-18-31(35)37-20-19-26-21-28(33)23-29(34)22-26/h9-10,13-15,18,21-24,30H,2-8,11-12,16-17,19-20,33-34H2,1H3/b18-13+. The molecule has 0 radical (unpaired) electrons. The summed E-state index contributed by atoms with van der Waals surface area (Å²) in [6.45, 7) is 2.49. The van der Waals surface area contributed by atoms with Crippen molar-refractivity contribution in [2.45, 2.75) is 90.1 Å². The number of benzene rings is 2. The van der Waals surface area contributed by atoms with Crippen LogP contribution in [0.3, 0.4) is 0 Å². The Morgan fingerprint density at radius 3 is 2.24 bits per heavy atom. The predicted octanol–water partition coefficient (Wildman–Crippen LogP) is 7.12. The predicted molar refractivity (Wildman–Crippen MR) is 155 cm³/mol. The van der Waals surface area contributed by atoms with Crippen LogP contribution in [0.1, 0.15) is 99.0 Å². The highest BCUT2D eigenvalue weighted by atomic mass is 16.5. The normalized spacial score (nSPS) is 17.4. The van der Waals surface area contributed by atoms with Gasteiger partial charge in [-0.1, -0.05) is 64.0 Å². The van der Waals surface area contributed by atoms with Crippen molar-refractivity contribution < 1.29 is 19.1 Å². The molecule has 0 amide bonds. The summed E-state index contributed by atoms with van der Waals surface area (Å²) in [5, 5.41) is 0. The maximum Gasteiger partial charge on any atom is 0.338 e. The Hall–Kier alpha value is -3.28. The van der Waals surface area contributed by atoms with Gasteiger partial charge in [0, 0.05) is 23.9 Å². The number of esters is 2. The Morgan fingerprint density at radius 1 is 0.895 bits per heavy atom. The number of nitrogens with two attached hydrogens (primary N) is 2. The van der Waals surface area contributed by atoms with Gasteiger partial charge < -0.3 is 20.9 Å². The molecule has 2 aromatic rings. The second-order valence-electron chi connectivity index (χ2n) is 10.5. The minimum atomic E-state index is -0.433. The van der Waals surface area contributed by atoms with Crippen molar-refractivity contribution in [3.63, 3.8) is 0 Å². The number of rotatable bonds is 14. The van der Waals surface area contributed by atoms with Gasteiger partial charge in [0.2, 0.25) is 0 Å². The highest BCUT2D eigenvalue weighted by molar-refractivity contribution is 5.90. The topological polar surface area (TPSA) is 105 Å². The first-order chi connectivity index (χ1) is 18.4. The van der Waals surface area contributed by atoms with Crippen molar-refractivity contribution in [2.24, 2.45) is 5.92 Å². The molecule has 0 heterocycles. The van der Waals surface area contributed by atoms with Crippen LogP contribution in [0, 0.1) is 5.92 Å². The number of anilines is 2. The van der Waals surface area contributed by atoms with Crippen LogP contribution in [0.25, 0.3) is 6.08 Å². The zero-order valence-electron chi connectivity index (χ0n) is 22.8. The van der Waals surface area contributed by atoms with Gasteiger partial charge >= 0.3 is 11.9 Å². The van der Waals surface area contributed by atoms with Gasteiger partial charge in [-0.3, -0.25) is 0 Å². The van der Waals surface area contributed by atoms with Crippen molar-refractivity contribution in [2.75, 3.05) is 18.1 Å². The molecule has 38 heavy (non-hydrogen) atoms. The molecule has 3 rings (SSSR count). The number of unbranched alkanes of at least 4 members (excludes halogenated alkanes) is 5. The average molecular weight is 521 g/mol. The molecule has 2 aromatic carbocycles. The van der Waals surface area contributed by atoms with Crippen LogP contribution < -0.4 is 11.5 Å². The van der Waals surface area contributed by atoms with E-state index in [4.69, 9.17) is 20.9 Å². The van der Waals surface area contributed by atoms with Gasteiger partial charge in [0.1, 0.15) is 6.10 Å². The van der Waals surface area contributed by atoms with Gasteiger partial charge in [0.15, 0.2) is 0 Å². The lowest BCUT2D eigenvalue weighted by Crippen LogP contribution is -2.24. The van der Waals surface area contributed by atoms with Crippen LogP contribution in [0.15, 0.2) is 48.5 Å². The average Bonchev–Trinajstić information content (AvgIpc) is 2.90. The Bertz CT molecular complexity index is 1020. The lowest BCUT2D eigenvalue weighted by Gasteiger charge is -2.28. The zero-order chi connectivity index (χ0) is 27.2. The molecule has 0 saturated heterocycles. The molecule has 1 saturated carbocycles. The summed E-state index contributed by atoms with van der Waals surface area (Å²) in [6.07, 6.45) is 17.2. The molecule has 0 unspecified atom stereocenters. The fourth-order valence-electron chi connectivity index (χ4n) is 5.07. The third-order valence-corrected chi connectivity index (χ3v) is 7.26. The summed E-state index contributed by atoms with van der Waals surface area (Å²) in [6, 6.07) is 12.4. The number of nitrogen functional groups attached to an aromatic ring is 2. The molecule has 0 bridgehead atoms. The second kappa shape index (κ2) is 15.9. The minimum absolute atomic E-state index is 0.0152. The van der Waals surface area contributed by atoms with Crippen molar-refractivity contribution in [1.82, 2.24) is 0 Å². The lowest BCUT2D eigenvalue weighted by atomic mass is 9.84. The van der Waals surface area contributed by atoms with Crippen molar-refractivity contribution >= 4 is 29.4 Å². The first-order valence-corrected chi connectivity index (χ1v) is 14.2. The first kappa shape index (κ1) is 29.3. The number of hydrogen-bond donors (Lipinski definition) is 2. The fourth-order valence-corrected chi connectivity index (χ4v) is 5.07. The molecule has 4 N–H and O–H groups in total. The molecule has 1 aliphatic carbocycles. The summed E-state index contributed by atoms with van der Waals surface area (Å²) in [7, 11) is 0. The third kappa shape index (κ3) is 10.6. The van der Waals surface area contributed by atoms with Gasteiger partial charge in [0.25, 0.3) is 0 Å². The van der Waals surface area contributed by atoms with E-state index in [1.165, 1.54) is 51.0 Å². The molecular formula is C32H44N2O4. The van der Waals surface area contributed by atoms with Crippen LogP contribution in [0.4, 0.5) is 11.4 Å². The number of carbonyl (C=O) groups excluding carboxylic acids is 2. The summed E-state index contributed by atoms with van der Waals surface area (Å²) in [5.74, 6) is 0.0729. The van der Waals surface area contributed by atoms with Gasteiger partial charge in [-0.15, -0.1) is 0 Å². The molecule has 0 aliphatic heterocycles. The number of carbonyl (C=O) groups is 2. The SMILES string of the molecule is CCCCCCCCC1CCC(OC(=O)c2ccc(/C=C/C(=O)OCCc3cc(N)cc(N)c3)cc2)CC1. The minimum Gasteiger partial charge on any atom is -0.462 e. The van der Waals surface area contributed by atoms with E-state index in [2.05, 4.69) is 6.92 Å². The highest BCUT2D eigenvalue weighted by Gasteiger charge is 2.24. The van der Waals surface area contributed by atoms with E-state index < -0.39 is 5.97 Å². The van der Waals surface area contributed by atoms with Gasteiger partial charge in [-0.05, 0) is 79.1 Å². The highest BCUT2D eigenvalue weighted by Crippen LogP contribution is 2.30. The van der Waals surface area contributed by atoms with Crippen molar-refractivity contribution in [3.05, 3.63) is 65.2 Å². The molecule has 1 aliphatic rings. The fraction of sp³-hybridized carbons (Fsp3) is 0.500. The molecule has 0 atom stereocenters. The quantitative estimate of drug-likeness (QED) is 0.119. The number of ether oxygens (including phenoxy) is 2. The first-order valence-electron chi connectivity index (χ1n) is 14.2. The Labute approximate surface area is 227 Å². The lowest BCUT2D eigenvalue weighted by molar-refractivity contribution is -0.137. The van der Waals surface area contributed by atoms with E-state index in [-0.39, 0.29) is 18.7 Å². The van der Waals surface area contributed by atoms with E-state index in [0.717, 1.165) is 42.7 Å². The largest absolute Gasteiger partial charge is 0.462 e. The number of hydrogen-bond acceptors (Lipinski definition) is 6. The summed E-state index contributed by atoms with van der Waals surface area (Å²) in [5.41, 5.74) is 15.0. The van der Waals surface area contributed by atoms with E-state index in [0.29, 0.717) is 23.4 Å². The molecule has 206 valence electrons. The summed E-state index contributed by atoms with van der Waals surface area (Å²) in [4.78, 5) is 24.7. The van der Waals surface area contributed by atoms with E-state index in [9.17, 15) is 9.59 Å². The summed E-state index contributed by atoms with van der Waals surface area (Å²) >= 11 is 0. The zero-order valence-corrected chi connectivity index (χ0v) is 22.8. The van der Waals surface area contributed by atoms with E-state index in [1.807, 2.05) is 12.1 Å². The molecule has 0 spiro atoms. The second-order valence-corrected chi connectivity index (χ2v) is 10.5. The molecule has 6 nitrogen and oxygen atoms in total. The van der Waals surface area contributed by atoms with Crippen LogP contribution >= 0.6 is 0 Å². The van der Waals surface area contributed by atoms with Crippen LogP contribution in [-0.2, 0) is 20.7 Å². The third-order valence-electron chi connectivity index (χ3n) is 7.26. The monoisotopic (exact) mass is 520 g/mol. The smallest absolute Gasteiger partial charge is 0.338 e. The molecule has 6 heteroatoms. The maximum absolute atomic E-state index is 12.6. The van der Waals surface area contributed by atoms with Crippen molar-refractivity contribution in [3.8, 4) is 0 Å². The van der Waals surface area contributed by atoms with E-state index >= 15 is 0 Å². The van der Waals surface area contributed by atoms with Gasteiger partial charge in [0.05, 0.1) is 12.2 Å². The van der Waals surface area contributed by atoms with Crippen LogP contribution in [-0.4, -0.2) is 24.6 Å². The molecule has 0 aromatic heterocycles.